The van der Waals surface area contributed by atoms with Crippen molar-refractivity contribution in [2.45, 2.75) is 0 Å². The Labute approximate surface area is 76.8 Å². The zero-order valence-electron chi connectivity index (χ0n) is 7.44. The summed E-state index contributed by atoms with van der Waals surface area (Å²) in [6.07, 6.45) is 3.73. The zero-order chi connectivity index (χ0) is 9.26. The van der Waals surface area contributed by atoms with Gasteiger partial charge in [0.2, 0.25) is 0 Å². The van der Waals surface area contributed by atoms with Crippen LogP contribution in [0.3, 0.4) is 0 Å². The first-order chi connectivity index (χ1) is 6.27. The lowest BCUT2D eigenvalue weighted by atomic mass is 10.2. The number of nitrogens with zero attached hydrogens (tertiary/aromatic N) is 2. The highest BCUT2D eigenvalue weighted by Gasteiger charge is 2.00. The number of aryl methyl sites for hydroxylation is 1. The minimum absolute atomic E-state index is 0.554. The van der Waals surface area contributed by atoms with Crippen LogP contribution in [0.4, 0.5) is 5.82 Å². The molecule has 2 aromatic rings. The summed E-state index contributed by atoms with van der Waals surface area (Å²) in [5, 5.41) is 0. The SMILES string of the molecule is Cn1cccc1-c1ccnc(N)c1. The molecule has 0 radical (unpaired) electrons. The Kier molecular flexibility index (Phi) is 1.77. The van der Waals surface area contributed by atoms with E-state index in [-0.39, 0.29) is 0 Å². The van der Waals surface area contributed by atoms with Gasteiger partial charge in [-0.2, -0.15) is 0 Å². The van der Waals surface area contributed by atoms with Crippen molar-refractivity contribution in [2.75, 3.05) is 5.73 Å². The quantitative estimate of drug-likeness (QED) is 0.712. The fourth-order valence-corrected chi connectivity index (χ4v) is 1.37. The van der Waals surface area contributed by atoms with Crippen molar-refractivity contribution in [3.05, 3.63) is 36.7 Å². The fourth-order valence-electron chi connectivity index (χ4n) is 1.37. The van der Waals surface area contributed by atoms with Crippen molar-refractivity contribution in [1.82, 2.24) is 9.55 Å². The van der Waals surface area contributed by atoms with E-state index in [1.807, 2.05) is 31.4 Å². The van der Waals surface area contributed by atoms with E-state index in [2.05, 4.69) is 15.6 Å². The number of pyridine rings is 1. The van der Waals surface area contributed by atoms with Gasteiger partial charge in [0.05, 0.1) is 0 Å². The number of hydrogen-bond acceptors (Lipinski definition) is 2. The maximum atomic E-state index is 5.59. The van der Waals surface area contributed by atoms with Gasteiger partial charge < -0.3 is 10.3 Å². The third kappa shape index (κ3) is 1.40. The van der Waals surface area contributed by atoms with E-state index in [1.54, 1.807) is 6.20 Å². The monoisotopic (exact) mass is 173 g/mol. The Balaban J connectivity index is 2.53. The average Bonchev–Trinajstić information content (AvgIpc) is 2.51. The summed E-state index contributed by atoms with van der Waals surface area (Å²) >= 11 is 0. The lowest BCUT2D eigenvalue weighted by Crippen LogP contribution is -1.92. The molecule has 2 N–H and O–H groups in total. The summed E-state index contributed by atoms with van der Waals surface area (Å²) in [5.41, 5.74) is 7.84. The van der Waals surface area contributed by atoms with Crippen molar-refractivity contribution < 1.29 is 0 Å². The van der Waals surface area contributed by atoms with E-state index >= 15 is 0 Å². The summed E-state index contributed by atoms with van der Waals surface area (Å²) in [5.74, 6) is 0.554. The summed E-state index contributed by atoms with van der Waals surface area (Å²) in [4.78, 5) is 3.95. The molecule has 0 atom stereocenters. The van der Waals surface area contributed by atoms with Gasteiger partial charge in [0.15, 0.2) is 0 Å². The number of rotatable bonds is 1. The third-order valence-corrected chi connectivity index (χ3v) is 2.02. The third-order valence-electron chi connectivity index (χ3n) is 2.02. The molecule has 0 fully saturated rings. The molecule has 0 bridgehead atoms. The van der Waals surface area contributed by atoms with Crippen molar-refractivity contribution in [3.8, 4) is 11.3 Å². The molecule has 0 aromatic carbocycles. The molecule has 0 aliphatic carbocycles. The predicted octanol–water partition coefficient (Wildman–Crippen LogP) is 1.67. The first-order valence-electron chi connectivity index (χ1n) is 4.10. The van der Waals surface area contributed by atoms with E-state index in [1.165, 1.54) is 0 Å². The van der Waals surface area contributed by atoms with Crippen LogP contribution in [0.15, 0.2) is 36.7 Å². The van der Waals surface area contributed by atoms with Gasteiger partial charge in [0, 0.05) is 30.7 Å². The minimum Gasteiger partial charge on any atom is -0.384 e. The smallest absolute Gasteiger partial charge is 0.123 e. The number of nitrogen functional groups attached to an aromatic ring is 1. The lowest BCUT2D eigenvalue weighted by Gasteiger charge is -2.03. The molecular formula is C10H11N3. The molecule has 0 spiro atoms. The second-order valence-corrected chi connectivity index (χ2v) is 2.97. The molecule has 0 aliphatic heterocycles. The lowest BCUT2D eigenvalue weighted by molar-refractivity contribution is 0.937. The molecule has 66 valence electrons. The first-order valence-corrected chi connectivity index (χ1v) is 4.10. The minimum atomic E-state index is 0.554. The van der Waals surface area contributed by atoms with Gasteiger partial charge >= 0.3 is 0 Å². The normalized spacial score (nSPS) is 10.2. The first kappa shape index (κ1) is 7.86. The van der Waals surface area contributed by atoms with Crippen molar-refractivity contribution in [1.29, 1.82) is 0 Å². The summed E-state index contributed by atoms with van der Waals surface area (Å²) in [6.45, 7) is 0. The molecule has 0 unspecified atom stereocenters. The summed E-state index contributed by atoms with van der Waals surface area (Å²) in [7, 11) is 2.01. The van der Waals surface area contributed by atoms with Crippen molar-refractivity contribution in [3.63, 3.8) is 0 Å². The predicted molar refractivity (Wildman–Crippen MR) is 53.1 cm³/mol. The van der Waals surface area contributed by atoms with E-state index in [0.717, 1.165) is 11.3 Å². The number of hydrogen-bond donors (Lipinski definition) is 1. The van der Waals surface area contributed by atoms with Crippen LogP contribution in [0.25, 0.3) is 11.3 Å². The Morgan fingerprint density at radius 3 is 2.85 bits per heavy atom. The Morgan fingerprint density at radius 2 is 2.23 bits per heavy atom. The Bertz CT molecular complexity index is 418. The molecule has 0 saturated heterocycles. The number of aromatic nitrogens is 2. The van der Waals surface area contributed by atoms with Gasteiger partial charge in [0.25, 0.3) is 0 Å². The average molecular weight is 173 g/mol. The molecule has 0 amide bonds. The standard InChI is InChI=1S/C10H11N3/c1-13-6-2-3-9(13)8-4-5-12-10(11)7-8/h2-7H,1H3,(H2,11,12). The maximum absolute atomic E-state index is 5.59. The van der Waals surface area contributed by atoms with Gasteiger partial charge in [-0.25, -0.2) is 4.98 Å². The van der Waals surface area contributed by atoms with E-state index in [9.17, 15) is 0 Å². The molecular weight excluding hydrogens is 162 g/mol. The second-order valence-electron chi connectivity index (χ2n) is 2.97. The van der Waals surface area contributed by atoms with Gasteiger partial charge in [-0.15, -0.1) is 0 Å². The van der Waals surface area contributed by atoms with Crippen LogP contribution in [0.1, 0.15) is 0 Å². The molecule has 13 heavy (non-hydrogen) atoms. The van der Waals surface area contributed by atoms with Gasteiger partial charge in [0.1, 0.15) is 5.82 Å². The molecule has 3 nitrogen and oxygen atoms in total. The van der Waals surface area contributed by atoms with E-state index in [0.29, 0.717) is 5.82 Å². The van der Waals surface area contributed by atoms with Crippen LogP contribution in [0.5, 0.6) is 0 Å². The van der Waals surface area contributed by atoms with Crippen LogP contribution < -0.4 is 5.73 Å². The van der Waals surface area contributed by atoms with Gasteiger partial charge in [-0.1, -0.05) is 0 Å². The zero-order valence-corrected chi connectivity index (χ0v) is 7.44. The molecule has 2 rings (SSSR count). The van der Waals surface area contributed by atoms with Gasteiger partial charge in [-0.3, -0.25) is 0 Å². The van der Waals surface area contributed by atoms with Gasteiger partial charge in [-0.05, 0) is 24.3 Å². The van der Waals surface area contributed by atoms with E-state index < -0.39 is 0 Å². The van der Waals surface area contributed by atoms with Crippen LogP contribution in [-0.4, -0.2) is 9.55 Å². The Hall–Kier alpha value is -1.77. The molecule has 2 heterocycles. The van der Waals surface area contributed by atoms with E-state index in [4.69, 9.17) is 5.73 Å². The highest BCUT2D eigenvalue weighted by atomic mass is 14.9. The maximum Gasteiger partial charge on any atom is 0.123 e. The fraction of sp³-hybridized carbons (Fsp3) is 0.100. The largest absolute Gasteiger partial charge is 0.384 e. The number of nitrogens with two attached hydrogens (primary N) is 1. The van der Waals surface area contributed by atoms with Crippen LogP contribution >= 0.6 is 0 Å². The molecule has 0 saturated carbocycles. The summed E-state index contributed by atoms with van der Waals surface area (Å²) < 4.78 is 2.05. The highest BCUT2D eigenvalue weighted by molar-refractivity contribution is 5.62. The van der Waals surface area contributed by atoms with Crippen LogP contribution in [-0.2, 0) is 7.05 Å². The molecule has 3 heteroatoms. The summed E-state index contributed by atoms with van der Waals surface area (Å²) in [6, 6.07) is 7.88. The second kappa shape index (κ2) is 2.94. The van der Waals surface area contributed by atoms with Crippen LogP contribution in [0.2, 0.25) is 0 Å². The van der Waals surface area contributed by atoms with Crippen molar-refractivity contribution in [2.24, 2.45) is 7.05 Å². The Morgan fingerprint density at radius 1 is 1.38 bits per heavy atom. The molecule has 0 aliphatic rings. The van der Waals surface area contributed by atoms with Crippen molar-refractivity contribution >= 4 is 5.82 Å². The molecule has 2 aromatic heterocycles. The topological polar surface area (TPSA) is 43.8 Å². The number of anilines is 1. The van der Waals surface area contributed by atoms with Crippen LogP contribution in [0, 0.1) is 0 Å². The highest BCUT2D eigenvalue weighted by Crippen LogP contribution is 2.19.